The van der Waals surface area contributed by atoms with Gasteiger partial charge in [0.1, 0.15) is 23.0 Å². The third-order valence-electron chi connectivity index (χ3n) is 6.31. The summed E-state index contributed by atoms with van der Waals surface area (Å²) < 4.78 is 11.0. The van der Waals surface area contributed by atoms with Crippen molar-refractivity contribution >= 4 is 28.6 Å². The van der Waals surface area contributed by atoms with Crippen molar-refractivity contribution in [2.75, 3.05) is 49.5 Å². The number of esters is 1. The number of nitrogens with one attached hydrogen (secondary N) is 1. The number of hydrogen-bond acceptors (Lipinski definition) is 8. The molecule has 4 rings (SSSR count). The van der Waals surface area contributed by atoms with Gasteiger partial charge >= 0.3 is 5.97 Å². The topological polar surface area (TPSA) is 83.7 Å². The number of carbonyl (C=O) groups excluding carboxylic acids is 1. The molecular weight excluding hydrogens is 430 g/mol. The van der Waals surface area contributed by atoms with E-state index in [1.54, 1.807) is 13.8 Å². The van der Waals surface area contributed by atoms with Gasteiger partial charge in [-0.25, -0.2) is 9.78 Å². The van der Waals surface area contributed by atoms with Gasteiger partial charge in [-0.2, -0.15) is 4.98 Å². The minimum Gasteiger partial charge on any atom is -0.462 e. The summed E-state index contributed by atoms with van der Waals surface area (Å²) in [6, 6.07) is 9.22. The number of nitrogens with zero attached hydrogens (tertiary/aromatic N) is 4. The lowest BCUT2D eigenvalue weighted by molar-refractivity contribution is 0.0526. The molecule has 1 saturated heterocycles. The van der Waals surface area contributed by atoms with Crippen LogP contribution in [0.5, 0.6) is 0 Å². The van der Waals surface area contributed by atoms with Crippen LogP contribution in [0.4, 0.5) is 11.5 Å². The Morgan fingerprint density at radius 2 is 2.06 bits per heavy atom. The summed E-state index contributed by atoms with van der Waals surface area (Å²) in [7, 11) is 0. The Kier molecular flexibility index (Phi) is 7.36. The number of ether oxygens (including phenoxy) is 1. The van der Waals surface area contributed by atoms with Gasteiger partial charge in [-0.1, -0.05) is 12.1 Å². The fraction of sp³-hybridized carbons (Fsp3) is 0.500. The highest BCUT2D eigenvalue weighted by atomic mass is 16.5. The molecule has 1 aliphatic heterocycles. The maximum atomic E-state index is 12.5. The lowest BCUT2D eigenvalue weighted by atomic mass is 10.1. The van der Waals surface area contributed by atoms with Gasteiger partial charge in [-0.15, -0.1) is 0 Å². The smallest absolute Gasteiger partial charge is 0.342 e. The highest BCUT2D eigenvalue weighted by molar-refractivity contribution is 6.07. The van der Waals surface area contributed by atoms with E-state index in [1.807, 2.05) is 6.92 Å². The Labute approximate surface area is 201 Å². The van der Waals surface area contributed by atoms with Crippen LogP contribution < -0.4 is 10.2 Å². The molecule has 0 unspecified atom stereocenters. The van der Waals surface area contributed by atoms with E-state index in [2.05, 4.69) is 63.2 Å². The van der Waals surface area contributed by atoms with E-state index in [0.717, 1.165) is 39.1 Å². The van der Waals surface area contributed by atoms with Gasteiger partial charge in [0.2, 0.25) is 5.71 Å². The Bertz CT molecular complexity index is 1160. The predicted molar refractivity (Wildman–Crippen MR) is 135 cm³/mol. The van der Waals surface area contributed by atoms with Crippen LogP contribution in [0, 0.1) is 20.8 Å². The van der Waals surface area contributed by atoms with Gasteiger partial charge in [-0.3, -0.25) is 4.90 Å². The Morgan fingerprint density at radius 3 is 2.79 bits per heavy atom. The van der Waals surface area contributed by atoms with Crippen molar-refractivity contribution in [3.63, 3.8) is 0 Å². The molecule has 1 aliphatic rings. The highest BCUT2D eigenvalue weighted by Gasteiger charge is 2.25. The number of aryl methyl sites for hydroxylation is 3. The average molecular weight is 466 g/mol. The Balaban J connectivity index is 1.36. The number of benzene rings is 1. The number of piperazine rings is 1. The number of carbonyl (C=O) groups is 1. The van der Waals surface area contributed by atoms with E-state index in [1.165, 1.54) is 11.3 Å². The van der Waals surface area contributed by atoms with Crippen molar-refractivity contribution in [1.29, 1.82) is 0 Å². The molecule has 0 spiro atoms. The highest BCUT2D eigenvalue weighted by Crippen LogP contribution is 2.30. The van der Waals surface area contributed by atoms with E-state index in [4.69, 9.17) is 9.15 Å². The number of aromatic nitrogens is 2. The van der Waals surface area contributed by atoms with Crippen molar-refractivity contribution in [1.82, 2.24) is 14.9 Å². The lowest BCUT2D eigenvalue weighted by Crippen LogP contribution is -2.52. The van der Waals surface area contributed by atoms with Crippen LogP contribution in [0.25, 0.3) is 11.1 Å². The summed E-state index contributed by atoms with van der Waals surface area (Å²) in [5.41, 5.74) is 3.42. The summed E-state index contributed by atoms with van der Waals surface area (Å²) in [5.74, 6) is 1.31. The van der Waals surface area contributed by atoms with Crippen molar-refractivity contribution < 1.29 is 13.9 Å². The first-order valence-corrected chi connectivity index (χ1v) is 12.1. The van der Waals surface area contributed by atoms with Crippen molar-refractivity contribution in [2.45, 2.75) is 47.1 Å². The molecule has 2 aromatic heterocycles. The standard InChI is InChI=1S/C26H35N5O3/c1-6-33-26(32)22-19(4)34-25-23(22)24(28-20(5)29-25)27-11-8-12-30-13-14-31(18(3)16-30)21-10-7-9-17(2)15-21/h7,9-10,15,18H,6,8,11-14,16H2,1-5H3,(H,27,28,29)/t18-/m0/s1. The van der Waals surface area contributed by atoms with Crippen LogP contribution in [0.3, 0.4) is 0 Å². The molecule has 1 atom stereocenters. The summed E-state index contributed by atoms with van der Waals surface area (Å²) in [4.78, 5) is 26.5. The minimum atomic E-state index is -0.408. The largest absolute Gasteiger partial charge is 0.462 e. The van der Waals surface area contributed by atoms with E-state index in [0.29, 0.717) is 46.7 Å². The van der Waals surface area contributed by atoms with Crippen LogP contribution in [-0.4, -0.2) is 66.2 Å². The molecule has 0 aliphatic carbocycles. The Hall–Kier alpha value is -3.13. The van der Waals surface area contributed by atoms with Crippen LogP contribution in [0.15, 0.2) is 28.7 Å². The Morgan fingerprint density at radius 1 is 1.24 bits per heavy atom. The second-order valence-electron chi connectivity index (χ2n) is 9.02. The van der Waals surface area contributed by atoms with Crippen LogP contribution >= 0.6 is 0 Å². The van der Waals surface area contributed by atoms with E-state index in [-0.39, 0.29) is 0 Å². The predicted octanol–water partition coefficient (Wildman–Crippen LogP) is 4.34. The van der Waals surface area contributed by atoms with Crippen molar-refractivity contribution in [2.24, 2.45) is 0 Å². The summed E-state index contributed by atoms with van der Waals surface area (Å²) >= 11 is 0. The normalized spacial score (nSPS) is 16.7. The number of furan rings is 1. The zero-order valence-corrected chi connectivity index (χ0v) is 20.9. The van der Waals surface area contributed by atoms with Gasteiger partial charge in [0.05, 0.1) is 12.0 Å². The zero-order chi connectivity index (χ0) is 24.2. The van der Waals surface area contributed by atoms with E-state index in [9.17, 15) is 4.79 Å². The van der Waals surface area contributed by atoms with Crippen LogP contribution in [-0.2, 0) is 4.74 Å². The molecule has 34 heavy (non-hydrogen) atoms. The minimum absolute atomic E-state index is 0.302. The lowest BCUT2D eigenvalue weighted by Gasteiger charge is -2.41. The van der Waals surface area contributed by atoms with Gasteiger partial charge in [0, 0.05) is 37.9 Å². The zero-order valence-electron chi connectivity index (χ0n) is 20.9. The third kappa shape index (κ3) is 5.17. The number of rotatable bonds is 8. The van der Waals surface area contributed by atoms with Crippen LogP contribution in [0.1, 0.15) is 47.8 Å². The number of fused-ring (bicyclic) bond motifs is 1. The molecule has 0 radical (unpaired) electrons. The molecule has 8 heteroatoms. The van der Waals surface area contributed by atoms with E-state index < -0.39 is 5.97 Å². The maximum absolute atomic E-state index is 12.5. The molecule has 1 fully saturated rings. The third-order valence-corrected chi connectivity index (χ3v) is 6.31. The first kappa shape index (κ1) is 24.0. The van der Waals surface area contributed by atoms with Gasteiger partial charge in [0.15, 0.2) is 0 Å². The summed E-state index contributed by atoms with van der Waals surface area (Å²) in [6.07, 6.45) is 0.966. The first-order valence-electron chi connectivity index (χ1n) is 12.1. The van der Waals surface area contributed by atoms with Gasteiger partial charge in [0.25, 0.3) is 0 Å². The fourth-order valence-electron chi connectivity index (χ4n) is 4.73. The molecule has 8 nitrogen and oxygen atoms in total. The molecule has 0 bridgehead atoms. The maximum Gasteiger partial charge on any atom is 0.342 e. The second-order valence-corrected chi connectivity index (χ2v) is 9.02. The van der Waals surface area contributed by atoms with Crippen molar-refractivity contribution in [3.8, 4) is 0 Å². The number of anilines is 2. The summed E-state index contributed by atoms with van der Waals surface area (Å²) in [5, 5.41) is 4.01. The quantitative estimate of drug-likeness (QED) is 0.389. The molecule has 1 N–H and O–H groups in total. The molecule has 0 saturated carbocycles. The molecule has 182 valence electrons. The SMILES string of the molecule is CCOC(=O)c1c(C)oc2nc(C)nc(NCCCN3CCN(c4cccc(C)c4)[C@@H](C)C3)c12. The average Bonchev–Trinajstić information content (AvgIpc) is 3.12. The van der Waals surface area contributed by atoms with E-state index >= 15 is 0 Å². The molecule has 3 heterocycles. The molecule has 0 amide bonds. The number of hydrogen-bond donors (Lipinski definition) is 1. The monoisotopic (exact) mass is 465 g/mol. The molecular formula is C26H35N5O3. The van der Waals surface area contributed by atoms with Crippen molar-refractivity contribution in [3.05, 3.63) is 47.0 Å². The fourth-order valence-corrected chi connectivity index (χ4v) is 4.73. The van der Waals surface area contributed by atoms with Crippen LogP contribution in [0.2, 0.25) is 0 Å². The first-order chi connectivity index (χ1) is 16.4. The molecule has 1 aromatic carbocycles. The summed E-state index contributed by atoms with van der Waals surface area (Å²) in [6.45, 7) is 15.0. The second kappa shape index (κ2) is 10.4. The van der Waals surface area contributed by atoms with Gasteiger partial charge < -0.3 is 19.4 Å². The molecule has 3 aromatic rings. The van der Waals surface area contributed by atoms with Gasteiger partial charge in [-0.05, 0) is 65.3 Å².